The van der Waals surface area contributed by atoms with Crippen LogP contribution in [-0.4, -0.2) is 49.0 Å². The van der Waals surface area contributed by atoms with Gasteiger partial charge in [-0.15, -0.1) is 0 Å². The maximum absolute atomic E-state index is 12.7. The zero-order chi connectivity index (χ0) is 16.6. The average Bonchev–Trinajstić information content (AvgIpc) is 3.07. The van der Waals surface area contributed by atoms with Gasteiger partial charge in [0.15, 0.2) is 0 Å². The van der Waals surface area contributed by atoms with Crippen molar-refractivity contribution in [2.75, 3.05) is 31.2 Å². The Balaban J connectivity index is 1.58. The van der Waals surface area contributed by atoms with E-state index in [1.54, 1.807) is 36.5 Å². The third kappa shape index (κ3) is 2.77. The Hall–Kier alpha value is -2.03. The van der Waals surface area contributed by atoms with E-state index in [4.69, 9.17) is 4.74 Å². The molecule has 0 spiro atoms. The summed E-state index contributed by atoms with van der Waals surface area (Å²) in [6.07, 6.45) is 1.74. The normalized spacial score (nSPS) is 18.6. The van der Waals surface area contributed by atoms with Crippen LogP contribution in [0.4, 0.5) is 5.95 Å². The molecule has 0 N–H and O–H groups in total. The molecule has 1 aromatic carbocycles. The number of sulfonamides is 1. The molecule has 0 saturated carbocycles. The highest BCUT2D eigenvalue weighted by Crippen LogP contribution is 2.28. The number of fused-ring (bicyclic) bond motifs is 1. The van der Waals surface area contributed by atoms with Gasteiger partial charge in [0.05, 0.1) is 30.3 Å². The molecule has 1 aromatic heterocycles. The van der Waals surface area contributed by atoms with Crippen molar-refractivity contribution in [2.45, 2.75) is 18.0 Å². The second-order valence-electron chi connectivity index (χ2n) is 5.83. The van der Waals surface area contributed by atoms with E-state index in [0.29, 0.717) is 30.6 Å². The highest BCUT2D eigenvalue weighted by molar-refractivity contribution is 7.89. The van der Waals surface area contributed by atoms with Gasteiger partial charge in [-0.3, -0.25) is 0 Å². The maximum Gasteiger partial charge on any atom is 0.243 e. The first-order valence-electron chi connectivity index (χ1n) is 7.87. The summed E-state index contributed by atoms with van der Waals surface area (Å²) in [5, 5.41) is 0. The van der Waals surface area contributed by atoms with E-state index in [9.17, 15) is 8.42 Å². The molecule has 0 atom stereocenters. The zero-order valence-corrected chi connectivity index (χ0v) is 13.9. The van der Waals surface area contributed by atoms with Crippen LogP contribution in [0.25, 0.3) is 0 Å². The molecule has 24 heavy (non-hydrogen) atoms. The first-order valence-corrected chi connectivity index (χ1v) is 9.31. The lowest BCUT2D eigenvalue weighted by Crippen LogP contribution is -2.37. The summed E-state index contributed by atoms with van der Waals surface area (Å²) in [5.74, 6) is 0.649. The van der Waals surface area contributed by atoms with E-state index in [2.05, 4.69) is 14.9 Å². The number of benzene rings is 1. The van der Waals surface area contributed by atoms with E-state index >= 15 is 0 Å². The molecular weight excluding hydrogens is 328 g/mol. The van der Waals surface area contributed by atoms with Crippen molar-refractivity contribution in [3.8, 4) is 0 Å². The molecule has 0 unspecified atom stereocenters. The number of ether oxygens (including phenoxy) is 1. The van der Waals surface area contributed by atoms with Crippen LogP contribution in [0.15, 0.2) is 41.4 Å². The molecule has 2 aliphatic rings. The highest BCUT2D eigenvalue weighted by Gasteiger charge is 2.32. The van der Waals surface area contributed by atoms with Gasteiger partial charge in [0.1, 0.15) is 0 Å². The number of aromatic nitrogens is 2. The number of morpholine rings is 1. The van der Waals surface area contributed by atoms with Crippen molar-refractivity contribution in [1.82, 2.24) is 14.3 Å². The monoisotopic (exact) mass is 346 g/mol. The Bertz CT molecular complexity index is 836. The van der Waals surface area contributed by atoms with E-state index in [0.717, 1.165) is 24.3 Å². The Kier molecular flexibility index (Phi) is 3.95. The van der Waals surface area contributed by atoms with Crippen molar-refractivity contribution in [1.29, 1.82) is 0 Å². The lowest BCUT2D eigenvalue weighted by atomic mass is 10.3. The topological polar surface area (TPSA) is 75.6 Å². The molecule has 0 radical (unpaired) electrons. The third-order valence-electron chi connectivity index (χ3n) is 4.29. The van der Waals surface area contributed by atoms with Crippen molar-refractivity contribution in [3.05, 3.63) is 47.8 Å². The zero-order valence-electron chi connectivity index (χ0n) is 13.1. The lowest BCUT2D eigenvalue weighted by molar-refractivity contribution is 0.122. The van der Waals surface area contributed by atoms with Gasteiger partial charge in [-0.05, 0) is 12.1 Å². The Morgan fingerprint density at radius 3 is 2.54 bits per heavy atom. The molecule has 126 valence electrons. The van der Waals surface area contributed by atoms with Crippen LogP contribution in [0.3, 0.4) is 0 Å². The minimum Gasteiger partial charge on any atom is -0.378 e. The van der Waals surface area contributed by atoms with Crippen LogP contribution in [0.1, 0.15) is 11.3 Å². The number of hydrogen-bond acceptors (Lipinski definition) is 6. The SMILES string of the molecule is O=S(=O)(c1ccccc1)N1Cc2cnc(N3CCOCC3)nc2C1. The number of hydrogen-bond donors (Lipinski definition) is 0. The Morgan fingerprint density at radius 2 is 1.79 bits per heavy atom. The van der Waals surface area contributed by atoms with Gasteiger partial charge in [-0.2, -0.15) is 4.31 Å². The predicted octanol–water partition coefficient (Wildman–Crippen LogP) is 1.02. The molecule has 1 fully saturated rings. The van der Waals surface area contributed by atoms with Crippen molar-refractivity contribution in [3.63, 3.8) is 0 Å². The summed E-state index contributed by atoms with van der Waals surface area (Å²) in [6, 6.07) is 8.49. The molecule has 3 heterocycles. The summed E-state index contributed by atoms with van der Waals surface area (Å²) < 4.78 is 32.3. The molecule has 2 aliphatic heterocycles. The molecule has 0 amide bonds. The smallest absolute Gasteiger partial charge is 0.243 e. The molecule has 0 bridgehead atoms. The van der Waals surface area contributed by atoms with Gasteiger partial charge in [-0.1, -0.05) is 18.2 Å². The van der Waals surface area contributed by atoms with Gasteiger partial charge in [0, 0.05) is 31.4 Å². The fourth-order valence-electron chi connectivity index (χ4n) is 2.94. The summed E-state index contributed by atoms with van der Waals surface area (Å²) in [4.78, 5) is 11.4. The Labute approximate surface area is 140 Å². The lowest BCUT2D eigenvalue weighted by Gasteiger charge is -2.26. The average molecular weight is 346 g/mol. The van der Waals surface area contributed by atoms with E-state index in [1.807, 2.05) is 0 Å². The van der Waals surface area contributed by atoms with Crippen LogP contribution in [-0.2, 0) is 27.8 Å². The first kappa shape index (κ1) is 15.5. The second-order valence-corrected chi connectivity index (χ2v) is 7.77. The van der Waals surface area contributed by atoms with E-state index < -0.39 is 10.0 Å². The van der Waals surface area contributed by atoms with Crippen LogP contribution >= 0.6 is 0 Å². The molecule has 0 aliphatic carbocycles. The predicted molar refractivity (Wildman–Crippen MR) is 87.9 cm³/mol. The maximum atomic E-state index is 12.7. The minimum absolute atomic E-state index is 0.284. The number of anilines is 1. The van der Waals surface area contributed by atoms with E-state index in [-0.39, 0.29) is 6.54 Å². The molecule has 7 nitrogen and oxygen atoms in total. The summed E-state index contributed by atoms with van der Waals surface area (Å²) in [7, 11) is -3.51. The fraction of sp³-hybridized carbons (Fsp3) is 0.375. The van der Waals surface area contributed by atoms with Crippen molar-refractivity contribution in [2.24, 2.45) is 0 Å². The third-order valence-corrected chi connectivity index (χ3v) is 6.10. The summed E-state index contributed by atoms with van der Waals surface area (Å²) in [5.41, 5.74) is 1.65. The number of rotatable bonds is 3. The highest BCUT2D eigenvalue weighted by atomic mass is 32.2. The molecule has 1 saturated heterocycles. The molecule has 2 aromatic rings. The quantitative estimate of drug-likeness (QED) is 0.826. The number of nitrogens with zero attached hydrogens (tertiary/aromatic N) is 4. The molecule has 8 heteroatoms. The van der Waals surface area contributed by atoms with Crippen LogP contribution in [0, 0.1) is 0 Å². The fourth-order valence-corrected chi connectivity index (χ4v) is 4.34. The standard InChI is InChI=1S/C16H18N4O3S/c21-24(22,14-4-2-1-3-5-14)20-11-13-10-17-16(18-15(13)12-20)19-6-8-23-9-7-19/h1-5,10H,6-9,11-12H2. The van der Waals surface area contributed by atoms with Gasteiger partial charge in [-0.25, -0.2) is 18.4 Å². The molecule has 4 rings (SSSR count). The van der Waals surface area contributed by atoms with Gasteiger partial charge < -0.3 is 9.64 Å². The van der Waals surface area contributed by atoms with Crippen molar-refractivity contribution >= 4 is 16.0 Å². The van der Waals surface area contributed by atoms with Gasteiger partial charge in [0.25, 0.3) is 0 Å². The molecular formula is C16H18N4O3S. The van der Waals surface area contributed by atoms with Crippen LogP contribution < -0.4 is 4.90 Å². The first-order chi connectivity index (χ1) is 11.6. The summed E-state index contributed by atoms with van der Waals surface area (Å²) in [6.45, 7) is 3.43. The minimum atomic E-state index is -3.51. The van der Waals surface area contributed by atoms with Crippen LogP contribution in [0.2, 0.25) is 0 Å². The van der Waals surface area contributed by atoms with Gasteiger partial charge >= 0.3 is 0 Å². The summed E-state index contributed by atoms with van der Waals surface area (Å²) >= 11 is 0. The Morgan fingerprint density at radius 1 is 1.04 bits per heavy atom. The van der Waals surface area contributed by atoms with Crippen LogP contribution in [0.5, 0.6) is 0 Å². The largest absolute Gasteiger partial charge is 0.378 e. The second kappa shape index (κ2) is 6.12. The van der Waals surface area contributed by atoms with Crippen molar-refractivity contribution < 1.29 is 13.2 Å². The van der Waals surface area contributed by atoms with Gasteiger partial charge in [0.2, 0.25) is 16.0 Å². The van der Waals surface area contributed by atoms with E-state index in [1.165, 1.54) is 4.31 Å².